The second-order valence-corrected chi connectivity index (χ2v) is 6.95. The molecule has 1 heterocycles. The van der Waals surface area contributed by atoms with Crippen LogP contribution in [0.25, 0.3) is 0 Å². The van der Waals surface area contributed by atoms with Crippen molar-refractivity contribution in [1.82, 2.24) is 5.32 Å². The molecule has 1 fully saturated rings. The maximum Gasteiger partial charge on any atom is 0.345 e. The molecular weight excluding hydrogens is 336 g/mol. The molecule has 4 nitrogen and oxygen atoms in total. The SMILES string of the molecule is O=C(O)c1ccc(CNC(=O)C2(c3c(F)cccc3F)CCC2)s1. The van der Waals surface area contributed by atoms with Gasteiger partial charge in [-0.05, 0) is 37.1 Å². The molecule has 1 aromatic heterocycles. The Kier molecular flexibility index (Phi) is 4.36. The number of benzene rings is 1. The van der Waals surface area contributed by atoms with E-state index in [9.17, 15) is 18.4 Å². The zero-order valence-electron chi connectivity index (χ0n) is 12.6. The second-order valence-electron chi connectivity index (χ2n) is 5.79. The highest BCUT2D eigenvalue weighted by Gasteiger charge is 2.48. The zero-order chi connectivity index (χ0) is 17.3. The minimum atomic E-state index is -1.18. The minimum absolute atomic E-state index is 0.134. The van der Waals surface area contributed by atoms with E-state index in [1.54, 1.807) is 6.07 Å². The van der Waals surface area contributed by atoms with Crippen molar-refractivity contribution in [1.29, 1.82) is 0 Å². The molecule has 0 aliphatic heterocycles. The molecule has 1 saturated carbocycles. The largest absolute Gasteiger partial charge is 0.477 e. The number of carbonyl (C=O) groups is 2. The number of hydrogen-bond donors (Lipinski definition) is 2. The summed E-state index contributed by atoms with van der Waals surface area (Å²) in [7, 11) is 0. The van der Waals surface area contributed by atoms with Crippen molar-refractivity contribution in [3.05, 3.63) is 57.3 Å². The lowest BCUT2D eigenvalue weighted by Gasteiger charge is -2.40. The minimum Gasteiger partial charge on any atom is -0.477 e. The third-order valence-corrected chi connectivity index (χ3v) is 5.45. The number of aromatic carboxylic acids is 1. The van der Waals surface area contributed by atoms with Crippen molar-refractivity contribution in [3.8, 4) is 0 Å². The normalized spacial score (nSPS) is 15.6. The molecule has 2 aromatic rings. The van der Waals surface area contributed by atoms with Crippen LogP contribution >= 0.6 is 11.3 Å². The molecule has 0 saturated heterocycles. The molecule has 1 aliphatic rings. The number of carboxylic acid groups (broad SMARTS) is 1. The fraction of sp³-hybridized carbons (Fsp3) is 0.294. The summed E-state index contributed by atoms with van der Waals surface area (Å²) >= 11 is 1.06. The molecule has 0 spiro atoms. The summed E-state index contributed by atoms with van der Waals surface area (Å²) in [5.41, 5.74) is -1.35. The van der Waals surface area contributed by atoms with Gasteiger partial charge in [0.15, 0.2) is 0 Å². The van der Waals surface area contributed by atoms with E-state index in [2.05, 4.69) is 5.32 Å². The molecule has 2 N–H and O–H groups in total. The summed E-state index contributed by atoms with van der Waals surface area (Å²) in [6.45, 7) is 0.134. The highest BCUT2D eigenvalue weighted by molar-refractivity contribution is 7.13. The van der Waals surface area contributed by atoms with Gasteiger partial charge in [-0.1, -0.05) is 12.5 Å². The first-order chi connectivity index (χ1) is 11.4. The Balaban J connectivity index is 1.78. The van der Waals surface area contributed by atoms with E-state index >= 15 is 0 Å². The lowest BCUT2D eigenvalue weighted by molar-refractivity contribution is -0.130. The van der Waals surface area contributed by atoms with Gasteiger partial charge in [-0.25, -0.2) is 13.6 Å². The number of hydrogen-bond acceptors (Lipinski definition) is 3. The molecule has 3 rings (SSSR count). The number of nitrogens with one attached hydrogen (secondary N) is 1. The van der Waals surface area contributed by atoms with Gasteiger partial charge in [-0.3, -0.25) is 4.79 Å². The van der Waals surface area contributed by atoms with Gasteiger partial charge in [0, 0.05) is 10.4 Å². The molecule has 0 bridgehead atoms. The van der Waals surface area contributed by atoms with Crippen LogP contribution in [0.1, 0.15) is 39.4 Å². The van der Waals surface area contributed by atoms with Crippen molar-refractivity contribution in [2.75, 3.05) is 0 Å². The van der Waals surface area contributed by atoms with Crippen LogP contribution in [0.5, 0.6) is 0 Å². The van der Waals surface area contributed by atoms with Gasteiger partial charge in [0.05, 0.1) is 12.0 Å². The molecule has 126 valence electrons. The number of carboxylic acids is 1. The maximum absolute atomic E-state index is 14.1. The van der Waals surface area contributed by atoms with Gasteiger partial charge < -0.3 is 10.4 Å². The zero-order valence-corrected chi connectivity index (χ0v) is 13.5. The van der Waals surface area contributed by atoms with Crippen LogP contribution in [0.15, 0.2) is 30.3 Å². The Hall–Kier alpha value is -2.28. The first-order valence-electron chi connectivity index (χ1n) is 7.49. The number of amides is 1. The van der Waals surface area contributed by atoms with Crippen molar-refractivity contribution in [2.45, 2.75) is 31.2 Å². The topological polar surface area (TPSA) is 66.4 Å². The molecule has 0 radical (unpaired) electrons. The summed E-state index contributed by atoms with van der Waals surface area (Å²) in [5, 5.41) is 11.6. The smallest absolute Gasteiger partial charge is 0.345 e. The van der Waals surface area contributed by atoms with E-state index < -0.39 is 28.9 Å². The standard InChI is InChI=1S/C17H15F2NO3S/c18-11-3-1-4-12(19)14(11)17(7-2-8-17)16(23)20-9-10-5-6-13(24-10)15(21)22/h1,3-6H,2,7-9H2,(H,20,23)(H,21,22). The van der Waals surface area contributed by atoms with Gasteiger partial charge >= 0.3 is 5.97 Å². The summed E-state index contributed by atoms with van der Waals surface area (Å²) in [4.78, 5) is 24.3. The van der Waals surface area contributed by atoms with Crippen LogP contribution in [0.4, 0.5) is 8.78 Å². The van der Waals surface area contributed by atoms with E-state index in [1.165, 1.54) is 12.1 Å². The summed E-state index contributed by atoms with van der Waals surface area (Å²) in [6, 6.07) is 6.67. The molecule has 1 aromatic carbocycles. The van der Waals surface area contributed by atoms with E-state index in [0.717, 1.165) is 29.9 Å². The average molecular weight is 351 g/mol. The third kappa shape index (κ3) is 2.80. The van der Waals surface area contributed by atoms with Gasteiger partial charge in [-0.15, -0.1) is 11.3 Å². The Morgan fingerprint density at radius 2 is 1.83 bits per heavy atom. The predicted molar refractivity (Wildman–Crippen MR) is 85.0 cm³/mol. The first-order valence-corrected chi connectivity index (χ1v) is 8.30. The molecule has 24 heavy (non-hydrogen) atoms. The molecule has 1 aliphatic carbocycles. The van der Waals surface area contributed by atoms with Crippen molar-refractivity contribution >= 4 is 23.2 Å². The highest BCUT2D eigenvalue weighted by atomic mass is 32.1. The van der Waals surface area contributed by atoms with Crippen LogP contribution in [0.3, 0.4) is 0 Å². The number of carbonyl (C=O) groups excluding carboxylic acids is 1. The summed E-state index contributed by atoms with van der Waals surface area (Å²) in [6.07, 6.45) is 1.51. The van der Waals surface area contributed by atoms with Crippen LogP contribution in [0.2, 0.25) is 0 Å². The van der Waals surface area contributed by atoms with Gasteiger partial charge in [-0.2, -0.15) is 0 Å². The van der Waals surface area contributed by atoms with Crippen LogP contribution in [0, 0.1) is 11.6 Å². The summed E-state index contributed by atoms with van der Waals surface area (Å²) in [5.74, 6) is -2.88. The van der Waals surface area contributed by atoms with E-state index in [-0.39, 0.29) is 17.0 Å². The lowest BCUT2D eigenvalue weighted by Crippen LogP contribution is -2.50. The number of rotatable bonds is 5. The highest BCUT2D eigenvalue weighted by Crippen LogP contribution is 2.46. The number of halogens is 2. The molecule has 1 amide bonds. The lowest BCUT2D eigenvalue weighted by atomic mass is 9.63. The number of thiophene rings is 1. The predicted octanol–water partition coefficient (Wildman–Crippen LogP) is 3.46. The first kappa shape index (κ1) is 16.6. The Bertz CT molecular complexity index is 779. The second kappa shape index (κ2) is 6.32. The van der Waals surface area contributed by atoms with Gasteiger partial charge in [0.25, 0.3) is 0 Å². The Morgan fingerprint density at radius 3 is 2.33 bits per heavy atom. The van der Waals surface area contributed by atoms with Crippen LogP contribution in [-0.4, -0.2) is 17.0 Å². The van der Waals surface area contributed by atoms with Gasteiger partial charge in [0.2, 0.25) is 5.91 Å². The molecular formula is C17H15F2NO3S. The summed E-state index contributed by atoms with van der Waals surface area (Å²) < 4.78 is 28.2. The van der Waals surface area contributed by atoms with Crippen LogP contribution < -0.4 is 5.32 Å². The van der Waals surface area contributed by atoms with E-state index in [1.807, 2.05) is 0 Å². The molecule has 0 unspecified atom stereocenters. The maximum atomic E-state index is 14.1. The monoisotopic (exact) mass is 351 g/mol. The Labute approximate surface area is 141 Å². The van der Waals surface area contributed by atoms with Crippen molar-refractivity contribution in [2.24, 2.45) is 0 Å². The quantitative estimate of drug-likeness (QED) is 0.867. The third-order valence-electron chi connectivity index (χ3n) is 4.38. The van der Waals surface area contributed by atoms with Crippen molar-refractivity contribution < 1.29 is 23.5 Å². The van der Waals surface area contributed by atoms with E-state index in [0.29, 0.717) is 17.7 Å². The average Bonchev–Trinajstić information content (AvgIpc) is 2.96. The molecule has 7 heteroatoms. The van der Waals surface area contributed by atoms with Crippen LogP contribution in [-0.2, 0) is 16.8 Å². The Morgan fingerprint density at radius 1 is 1.17 bits per heavy atom. The van der Waals surface area contributed by atoms with Crippen molar-refractivity contribution in [3.63, 3.8) is 0 Å². The fourth-order valence-corrected chi connectivity index (χ4v) is 3.79. The van der Waals surface area contributed by atoms with E-state index in [4.69, 9.17) is 5.11 Å². The fourth-order valence-electron chi connectivity index (χ4n) is 3.00. The molecule has 0 atom stereocenters. The van der Waals surface area contributed by atoms with Gasteiger partial charge in [0.1, 0.15) is 16.5 Å².